The number of hydrogen-bond acceptors (Lipinski definition) is 1. The van der Waals surface area contributed by atoms with Crippen LogP contribution in [0.15, 0.2) is 0 Å². The van der Waals surface area contributed by atoms with Crippen LogP contribution in [0.25, 0.3) is 0 Å². The molecule has 0 saturated heterocycles. The maximum atomic E-state index is 6.10. The summed E-state index contributed by atoms with van der Waals surface area (Å²) in [5, 5.41) is -0.00159. The molecule has 0 heterocycles. The van der Waals surface area contributed by atoms with E-state index < -0.39 is 0 Å². The van der Waals surface area contributed by atoms with Gasteiger partial charge in [0.2, 0.25) is 0 Å². The first-order chi connectivity index (χ1) is 7.02. The van der Waals surface area contributed by atoms with E-state index in [2.05, 4.69) is 77.0 Å². The molecule has 0 bridgehead atoms. The lowest BCUT2D eigenvalue weighted by molar-refractivity contribution is 0.135. The molecule has 7 heteroatoms. The Balaban J connectivity index is 3.60. The summed E-state index contributed by atoms with van der Waals surface area (Å²) in [5.74, 6) is 0. The fourth-order valence-electron chi connectivity index (χ4n) is 0.695. The predicted octanol–water partition coefficient (Wildman–Crippen LogP) is 4.61. The maximum absolute atomic E-state index is 6.10. The Morgan fingerprint density at radius 1 is 0.933 bits per heavy atom. The monoisotopic (exact) mass is 606 g/mol. The van der Waals surface area contributed by atoms with Gasteiger partial charge in [-0.05, 0) is 0 Å². The number of hydrogen-bond donors (Lipinski definition) is 0. The average Bonchev–Trinajstić information content (AvgIpc) is 2.26. The molecule has 0 N–H and O–H groups in total. The first kappa shape index (κ1) is 18.0. The van der Waals surface area contributed by atoms with Gasteiger partial charge in [0, 0.05) is 18.5 Å². The molecule has 4 atom stereocenters. The minimum Gasteiger partial charge on any atom is -0.378 e. The van der Waals surface area contributed by atoms with Crippen LogP contribution in [-0.4, -0.2) is 42.5 Å². The first-order valence-corrected chi connectivity index (χ1v) is 10.0. The van der Waals surface area contributed by atoms with E-state index in [1.54, 1.807) is 0 Å². The van der Waals surface area contributed by atoms with Gasteiger partial charge < -0.3 is 4.74 Å². The van der Waals surface area contributed by atoms with Gasteiger partial charge in [0.1, 0.15) is 0 Å². The summed E-state index contributed by atoms with van der Waals surface area (Å²) in [7, 11) is 0. The third-order valence-corrected chi connectivity index (χ3v) is 9.35. The first-order valence-electron chi connectivity index (χ1n) is 4.28. The molecule has 0 spiro atoms. The molecule has 4 unspecified atom stereocenters. The van der Waals surface area contributed by atoms with Gasteiger partial charge in [-0.2, -0.15) is 0 Å². The van der Waals surface area contributed by atoms with Gasteiger partial charge in [0.25, 0.3) is 0 Å². The molecule has 0 aromatic heterocycles. The second-order valence-electron chi connectivity index (χ2n) is 2.91. The second kappa shape index (κ2) is 10.8. The van der Waals surface area contributed by atoms with E-state index in [1.807, 2.05) is 0 Å². The molecule has 0 amide bonds. The molecule has 0 aliphatic carbocycles. The average molecular weight is 609 g/mol. The molecule has 0 aliphatic rings. The standard InChI is InChI=1S/C8H12Br2Cl2I2O/c9-5(1-13)7(11)3-15-4-8(12)6(10)2-14/h5-8H,1-4H2. The fraction of sp³-hybridized carbons (Fsp3) is 1.00. The molecule has 1 nitrogen and oxygen atoms in total. The van der Waals surface area contributed by atoms with Gasteiger partial charge in [-0.3, -0.25) is 0 Å². The van der Waals surface area contributed by atoms with Gasteiger partial charge in [-0.15, -0.1) is 23.2 Å². The topological polar surface area (TPSA) is 9.23 Å². The maximum Gasteiger partial charge on any atom is 0.0702 e. The highest BCUT2D eigenvalue weighted by atomic mass is 127. The Labute approximate surface area is 145 Å². The van der Waals surface area contributed by atoms with E-state index in [1.165, 1.54) is 0 Å². The van der Waals surface area contributed by atoms with Crippen molar-refractivity contribution < 1.29 is 4.74 Å². The lowest BCUT2D eigenvalue weighted by Crippen LogP contribution is -2.27. The second-order valence-corrected chi connectivity index (χ2v) is 8.15. The molecule has 0 aromatic rings. The minimum atomic E-state index is -0.000793. The summed E-state index contributed by atoms with van der Waals surface area (Å²) in [6.07, 6.45) is 0. The molecule has 15 heavy (non-hydrogen) atoms. The van der Waals surface area contributed by atoms with Crippen molar-refractivity contribution in [3.63, 3.8) is 0 Å². The van der Waals surface area contributed by atoms with Gasteiger partial charge in [0.05, 0.1) is 24.0 Å². The molecule has 0 aliphatic heterocycles. The van der Waals surface area contributed by atoms with Crippen LogP contribution >= 0.6 is 100 Å². The smallest absolute Gasteiger partial charge is 0.0702 e. The van der Waals surface area contributed by atoms with Crippen LogP contribution in [0.3, 0.4) is 0 Å². The highest BCUT2D eigenvalue weighted by molar-refractivity contribution is 14.1. The van der Waals surface area contributed by atoms with Crippen molar-refractivity contribution in [3.8, 4) is 0 Å². The molecular formula is C8H12Br2Cl2I2O. The zero-order valence-corrected chi connectivity index (χ0v) is 16.8. The quantitative estimate of drug-likeness (QED) is 0.289. The van der Waals surface area contributed by atoms with Gasteiger partial charge in [0.15, 0.2) is 0 Å². The van der Waals surface area contributed by atoms with E-state index in [9.17, 15) is 0 Å². The molecule has 0 saturated carbocycles. The highest BCUT2D eigenvalue weighted by Gasteiger charge is 2.18. The minimum absolute atomic E-state index is 0.000793. The van der Waals surface area contributed by atoms with Crippen LogP contribution in [-0.2, 0) is 4.74 Å². The Kier molecular flexibility index (Phi) is 13.0. The number of halogens is 6. The third kappa shape index (κ3) is 8.64. The Hall–Kier alpha value is 2.96. The van der Waals surface area contributed by atoms with Crippen molar-refractivity contribution in [2.24, 2.45) is 0 Å². The fourth-order valence-corrected chi connectivity index (χ4v) is 3.19. The summed E-state index contributed by atoms with van der Waals surface area (Å²) in [6, 6.07) is 0. The molecule has 0 rings (SSSR count). The van der Waals surface area contributed by atoms with Crippen LogP contribution in [0, 0.1) is 0 Å². The SMILES string of the molecule is ClC(COCC(Cl)C(Br)CI)C(Br)CI. The van der Waals surface area contributed by atoms with Crippen molar-refractivity contribution in [2.75, 3.05) is 22.1 Å². The van der Waals surface area contributed by atoms with Gasteiger partial charge >= 0.3 is 0 Å². The van der Waals surface area contributed by atoms with Crippen LogP contribution in [0.2, 0.25) is 0 Å². The summed E-state index contributed by atoms with van der Waals surface area (Å²) >= 11 is 23.7. The van der Waals surface area contributed by atoms with E-state index in [0.717, 1.165) is 8.86 Å². The lowest BCUT2D eigenvalue weighted by atomic mass is 10.3. The normalized spacial score (nSPS) is 19.6. The Bertz CT molecular complexity index is 152. The van der Waals surface area contributed by atoms with Crippen molar-refractivity contribution in [3.05, 3.63) is 0 Å². The van der Waals surface area contributed by atoms with Crippen LogP contribution < -0.4 is 0 Å². The van der Waals surface area contributed by atoms with Crippen LogP contribution in [0.4, 0.5) is 0 Å². The summed E-state index contributed by atoms with van der Waals surface area (Å²) in [5.41, 5.74) is 0. The van der Waals surface area contributed by atoms with Crippen molar-refractivity contribution >= 4 is 100 Å². The third-order valence-electron chi connectivity index (χ3n) is 1.63. The van der Waals surface area contributed by atoms with E-state index in [4.69, 9.17) is 27.9 Å². The van der Waals surface area contributed by atoms with E-state index >= 15 is 0 Å². The van der Waals surface area contributed by atoms with Gasteiger partial charge in [-0.1, -0.05) is 77.0 Å². The van der Waals surface area contributed by atoms with E-state index in [0.29, 0.717) is 13.2 Å². The Morgan fingerprint density at radius 3 is 1.53 bits per heavy atom. The summed E-state index contributed by atoms with van der Waals surface area (Å²) in [6.45, 7) is 1.06. The van der Waals surface area contributed by atoms with Crippen LogP contribution in [0.1, 0.15) is 0 Å². The number of rotatable bonds is 8. The summed E-state index contributed by atoms with van der Waals surface area (Å²) < 4.78 is 7.41. The number of alkyl halides is 6. The predicted molar refractivity (Wildman–Crippen MR) is 93.3 cm³/mol. The molecular weight excluding hydrogens is 597 g/mol. The largest absolute Gasteiger partial charge is 0.378 e. The highest BCUT2D eigenvalue weighted by Crippen LogP contribution is 2.18. The van der Waals surface area contributed by atoms with Crippen molar-refractivity contribution in [1.29, 1.82) is 0 Å². The molecule has 92 valence electrons. The number of ether oxygens (including phenoxy) is 1. The lowest BCUT2D eigenvalue weighted by Gasteiger charge is -2.17. The summed E-state index contributed by atoms with van der Waals surface area (Å²) in [4.78, 5) is 0.579. The van der Waals surface area contributed by atoms with E-state index in [-0.39, 0.29) is 20.4 Å². The molecule has 0 radical (unpaired) electrons. The molecule has 0 fully saturated rings. The van der Waals surface area contributed by atoms with Gasteiger partial charge in [-0.25, -0.2) is 0 Å². The molecule has 0 aromatic carbocycles. The van der Waals surface area contributed by atoms with Crippen LogP contribution in [0.5, 0.6) is 0 Å². The zero-order chi connectivity index (χ0) is 11.8. The van der Waals surface area contributed by atoms with Crippen molar-refractivity contribution in [2.45, 2.75) is 20.4 Å². The van der Waals surface area contributed by atoms with Crippen molar-refractivity contribution in [1.82, 2.24) is 0 Å². The Morgan fingerprint density at radius 2 is 1.27 bits per heavy atom. The zero-order valence-electron chi connectivity index (χ0n) is 7.81.